The first-order valence-electron chi connectivity index (χ1n) is 8.92. The third-order valence-corrected chi connectivity index (χ3v) is 4.06. The molecule has 0 atom stereocenters. The standard InChI is InChI=1S/C19H26N6O/c1-13(26)21-15-6-8-16(9-7-15)22-18-12-17(14-4-5-14)23-19(24-18)20-10-11-25(2)3/h6-9,12,14H,4-5,10-11H2,1-3H3,(H,21,26)(H2,20,22,23,24). The van der Waals surface area contributed by atoms with E-state index in [0.717, 1.165) is 36.0 Å². The Morgan fingerprint density at radius 1 is 1.15 bits per heavy atom. The maximum Gasteiger partial charge on any atom is 0.224 e. The number of amides is 1. The molecule has 1 amide bonds. The smallest absolute Gasteiger partial charge is 0.224 e. The molecule has 138 valence electrons. The Balaban J connectivity index is 1.71. The van der Waals surface area contributed by atoms with Crippen LogP contribution in [0, 0.1) is 0 Å². The normalized spacial score (nSPS) is 13.5. The number of carbonyl (C=O) groups is 1. The van der Waals surface area contributed by atoms with Crippen molar-refractivity contribution in [2.24, 2.45) is 0 Å². The monoisotopic (exact) mass is 354 g/mol. The molecule has 7 heteroatoms. The summed E-state index contributed by atoms with van der Waals surface area (Å²) in [6, 6.07) is 9.59. The van der Waals surface area contributed by atoms with E-state index >= 15 is 0 Å². The molecule has 1 fully saturated rings. The van der Waals surface area contributed by atoms with Crippen molar-refractivity contribution in [3.63, 3.8) is 0 Å². The molecule has 0 radical (unpaired) electrons. The minimum absolute atomic E-state index is 0.0796. The van der Waals surface area contributed by atoms with Gasteiger partial charge in [0.05, 0.1) is 5.69 Å². The number of nitrogens with zero attached hydrogens (tertiary/aromatic N) is 3. The molecule has 0 saturated heterocycles. The minimum Gasteiger partial charge on any atom is -0.353 e. The van der Waals surface area contributed by atoms with Crippen LogP contribution in [0.3, 0.4) is 0 Å². The van der Waals surface area contributed by atoms with Gasteiger partial charge in [-0.25, -0.2) is 4.98 Å². The number of rotatable bonds is 8. The molecule has 1 saturated carbocycles. The van der Waals surface area contributed by atoms with Crippen molar-refractivity contribution in [2.75, 3.05) is 43.1 Å². The minimum atomic E-state index is -0.0796. The van der Waals surface area contributed by atoms with Crippen LogP contribution in [0.15, 0.2) is 30.3 Å². The van der Waals surface area contributed by atoms with Crippen LogP contribution in [-0.4, -0.2) is 48.0 Å². The van der Waals surface area contributed by atoms with Crippen molar-refractivity contribution >= 4 is 29.0 Å². The van der Waals surface area contributed by atoms with Crippen molar-refractivity contribution in [3.8, 4) is 0 Å². The van der Waals surface area contributed by atoms with Gasteiger partial charge >= 0.3 is 0 Å². The number of carbonyl (C=O) groups excluding carboxylic acids is 1. The van der Waals surface area contributed by atoms with E-state index in [1.54, 1.807) is 0 Å². The van der Waals surface area contributed by atoms with Crippen LogP contribution in [0.5, 0.6) is 0 Å². The Kier molecular flexibility index (Phi) is 5.68. The average molecular weight is 354 g/mol. The molecule has 0 unspecified atom stereocenters. The molecule has 0 aliphatic heterocycles. The van der Waals surface area contributed by atoms with E-state index < -0.39 is 0 Å². The van der Waals surface area contributed by atoms with Gasteiger partial charge in [0.15, 0.2) is 0 Å². The lowest BCUT2D eigenvalue weighted by Crippen LogP contribution is -2.21. The van der Waals surface area contributed by atoms with Crippen LogP contribution in [0.25, 0.3) is 0 Å². The van der Waals surface area contributed by atoms with Gasteiger partial charge in [-0.1, -0.05) is 0 Å². The summed E-state index contributed by atoms with van der Waals surface area (Å²) in [6.07, 6.45) is 2.39. The second-order valence-electron chi connectivity index (χ2n) is 6.89. The summed E-state index contributed by atoms with van der Waals surface area (Å²) < 4.78 is 0. The van der Waals surface area contributed by atoms with Gasteiger partial charge in [-0.3, -0.25) is 4.79 Å². The van der Waals surface area contributed by atoms with Crippen LogP contribution < -0.4 is 16.0 Å². The molecule has 1 aliphatic carbocycles. The summed E-state index contributed by atoms with van der Waals surface area (Å²) in [5, 5.41) is 9.40. The fraction of sp³-hybridized carbons (Fsp3) is 0.421. The lowest BCUT2D eigenvalue weighted by molar-refractivity contribution is -0.114. The Bertz CT molecular complexity index is 755. The summed E-state index contributed by atoms with van der Waals surface area (Å²) in [7, 11) is 4.08. The van der Waals surface area contributed by atoms with E-state index in [1.807, 2.05) is 44.4 Å². The highest BCUT2D eigenvalue weighted by atomic mass is 16.1. The molecule has 7 nitrogen and oxygen atoms in total. The van der Waals surface area contributed by atoms with Crippen molar-refractivity contribution in [2.45, 2.75) is 25.7 Å². The van der Waals surface area contributed by atoms with Crippen molar-refractivity contribution in [1.82, 2.24) is 14.9 Å². The first-order valence-corrected chi connectivity index (χ1v) is 8.92. The number of benzene rings is 1. The lowest BCUT2D eigenvalue weighted by Gasteiger charge is -2.13. The van der Waals surface area contributed by atoms with Crippen LogP contribution >= 0.6 is 0 Å². The fourth-order valence-corrected chi connectivity index (χ4v) is 2.58. The molecule has 1 aromatic heterocycles. The number of nitrogens with one attached hydrogen (secondary N) is 3. The van der Waals surface area contributed by atoms with Crippen molar-refractivity contribution in [3.05, 3.63) is 36.0 Å². The first-order chi connectivity index (χ1) is 12.5. The Labute approximate surface area is 154 Å². The summed E-state index contributed by atoms with van der Waals surface area (Å²) >= 11 is 0. The first kappa shape index (κ1) is 18.1. The molecule has 3 N–H and O–H groups in total. The molecule has 2 aromatic rings. The highest BCUT2D eigenvalue weighted by Crippen LogP contribution is 2.40. The van der Waals surface area contributed by atoms with Gasteiger partial charge < -0.3 is 20.9 Å². The van der Waals surface area contributed by atoms with E-state index in [0.29, 0.717) is 11.9 Å². The average Bonchev–Trinajstić information content (AvgIpc) is 3.41. The molecule has 26 heavy (non-hydrogen) atoms. The molecule has 3 rings (SSSR count). The van der Waals surface area contributed by atoms with Crippen LogP contribution in [0.4, 0.5) is 23.1 Å². The summed E-state index contributed by atoms with van der Waals surface area (Å²) in [4.78, 5) is 22.5. The highest BCUT2D eigenvalue weighted by Gasteiger charge is 2.26. The van der Waals surface area contributed by atoms with Crippen LogP contribution in [0.1, 0.15) is 31.4 Å². The Hall–Kier alpha value is -2.67. The largest absolute Gasteiger partial charge is 0.353 e. The number of hydrogen-bond donors (Lipinski definition) is 3. The van der Waals surface area contributed by atoms with E-state index in [4.69, 9.17) is 0 Å². The summed E-state index contributed by atoms with van der Waals surface area (Å²) in [5.74, 6) is 1.91. The van der Waals surface area contributed by atoms with Crippen LogP contribution in [-0.2, 0) is 4.79 Å². The maximum absolute atomic E-state index is 11.1. The second-order valence-corrected chi connectivity index (χ2v) is 6.89. The zero-order chi connectivity index (χ0) is 18.5. The summed E-state index contributed by atoms with van der Waals surface area (Å²) in [6.45, 7) is 3.22. The zero-order valence-electron chi connectivity index (χ0n) is 15.5. The molecular formula is C19H26N6O. The third-order valence-electron chi connectivity index (χ3n) is 4.06. The van der Waals surface area contributed by atoms with Gasteiger partial charge in [0.2, 0.25) is 11.9 Å². The molecule has 0 spiro atoms. The third kappa shape index (κ3) is 5.42. The van der Waals surface area contributed by atoms with E-state index in [2.05, 4.69) is 30.8 Å². The second kappa shape index (κ2) is 8.14. The van der Waals surface area contributed by atoms with Gasteiger partial charge in [0.1, 0.15) is 5.82 Å². The Morgan fingerprint density at radius 2 is 1.85 bits per heavy atom. The maximum atomic E-state index is 11.1. The number of aromatic nitrogens is 2. The van der Waals surface area contributed by atoms with E-state index in [9.17, 15) is 4.79 Å². The molecule has 1 aromatic carbocycles. The van der Waals surface area contributed by atoms with Gasteiger partial charge in [-0.15, -0.1) is 0 Å². The number of likely N-dealkylation sites (N-methyl/N-ethyl adjacent to an activating group) is 1. The number of hydrogen-bond acceptors (Lipinski definition) is 6. The zero-order valence-corrected chi connectivity index (χ0v) is 15.5. The summed E-state index contributed by atoms with van der Waals surface area (Å²) in [5.41, 5.74) is 2.78. The molecule has 0 bridgehead atoms. The van der Waals surface area contributed by atoms with Gasteiger partial charge in [-0.05, 0) is 51.2 Å². The predicted octanol–water partition coefficient (Wildman–Crippen LogP) is 3.03. The lowest BCUT2D eigenvalue weighted by atomic mass is 10.2. The highest BCUT2D eigenvalue weighted by molar-refractivity contribution is 5.88. The van der Waals surface area contributed by atoms with E-state index in [-0.39, 0.29) is 5.91 Å². The van der Waals surface area contributed by atoms with Crippen LogP contribution in [0.2, 0.25) is 0 Å². The van der Waals surface area contributed by atoms with Crippen molar-refractivity contribution < 1.29 is 4.79 Å². The topological polar surface area (TPSA) is 82.2 Å². The van der Waals surface area contributed by atoms with Crippen molar-refractivity contribution in [1.29, 1.82) is 0 Å². The number of anilines is 4. The Morgan fingerprint density at radius 3 is 2.46 bits per heavy atom. The van der Waals surface area contributed by atoms with Gasteiger partial charge in [-0.2, -0.15) is 4.98 Å². The van der Waals surface area contributed by atoms with E-state index in [1.165, 1.54) is 19.8 Å². The molecule has 1 aliphatic rings. The van der Waals surface area contributed by atoms with Gasteiger partial charge in [0, 0.05) is 43.4 Å². The quantitative estimate of drug-likeness (QED) is 0.676. The molecule has 1 heterocycles. The van der Waals surface area contributed by atoms with Gasteiger partial charge in [0.25, 0.3) is 0 Å². The predicted molar refractivity (Wildman–Crippen MR) is 105 cm³/mol. The molecular weight excluding hydrogens is 328 g/mol. The fourth-order valence-electron chi connectivity index (χ4n) is 2.58. The SMILES string of the molecule is CC(=O)Nc1ccc(Nc2cc(C3CC3)nc(NCCN(C)C)n2)cc1.